The monoisotopic (exact) mass is 341 g/mol. The van der Waals surface area contributed by atoms with Crippen molar-refractivity contribution in [3.8, 4) is 0 Å². The minimum atomic E-state index is -0.0600. The van der Waals surface area contributed by atoms with Gasteiger partial charge in [-0.3, -0.25) is 4.68 Å². The molecule has 0 spiro atoms. The maximum absolute atomic E-state index is 6.23. The summed E-state index contributed by atoms with van der Waals surface area (Å²) in [6, 6.07) is 8.07. The summed E-state index contributed by atoms with van der Waals surface area (Å²) in [4.78, 5) is 0. The number of aryl methyl sites for hydroxylation is 1. The van der Waals surface area contributed by atoms with Crippen molar-refractivity contribution in [3.63, 3.8) is 0 Å². The first-order valence-corrected chi connectivity index (χ1v) is 7.31. The molecule has 1 aromatic heterocycles. The summed E-state index contributed by atoms with van der Waals surface area (Å²) in [6.45, 7) is 5.86. The molecule has 102 valence electrons. The molecule has 0 saturated heterocycles. The number of nitrogens with zero attached hydrogens (tertiary/aromatic N) is 2. The Labute approximate surface area is 126 Å². The average Bonchev–Trinajstić information content (AvgIpc) is 2.60. The van der Waals surface area contributed by atoms with E-state index in [4.69, 9.17) is 17.3 Å². The van der Waals surface area contributed by atoms with Crippen LogP contribution in [0.4, 0.5) is 0 Å². The van der Waals surface area contributed by atoms with Crippen molar-refractivity contribution in [1.29, 1.82) is 0 Å². The maximum atomic E-state index is 6.23. The van der Waals surface area contributed by atoms with E-state index in [1.807, 2.05) is 37.6 Å². The largest absolute Gasteiger partial charge is 0.326 e. The molecule has 3 nitrogen and oxygen atoms in total. The normalized spacial score (nSPS) is 14.4. The van der Waals surface area contributed by atoms with Crippen molar-refractivity contribution in [2.24, 2.45) is 5.73 Å². The van der Waals surface area contributed by atoms with Gasteiger partial charge in [-0.1, -0.05) is 39.7 Å². The van der Waals surface area contributed by atoms with Crippen molar-refractivity contribution in [3.05, 3.63) is 50.7 Å². The molecular formula is C14H17BrClN3. The first kappa shape index (κ1) is 14.6. The lowest BCUT2D eigenvalue weighted by molar-refractivity contribution is 0.443. The lowest BCUT2D eigenvalue weighted by Crippen LogP contribution is -2.31. The van der Waals surface area contributed by atoms with Gasteiger partial charge in [-0.25, -0.2) is 0 Å². The molecule has 2 unspecified atom stereocenters. The molecule has 0 aliphatic rings. The molecule has 2 atom stereocenters. The molecule has 1 heterocycles. The van der Waals surface area contributed by atoms with Crippen LogP contribution in [0.3, 0.4) is 0 Å². The van der Waals surface area contributed by atoms with Gasteiger partial charge in [0.25, 0.3) is 0 Å². The molecular weight excluding hydrogens is 326 g/mol. The van der Waals surface area contributed by atoms with E-state index in [0.29, 0.717) is 5.02 Å². The molecule has 0 bridgehead atoms. The highest BCUT2D eigenvalue weighted by Gasteiger charge is 2.23. The number of hydrogen-bond acceptors (Lipinski definition) is 2. The lowest BCUT2D eigenvalue weighted by atomic mass is 10.0. The summed E-state index contributed by atoms with van der Waals surface area (Å²) >= 11 is 9.67. The molecule has 0 radical (unpaired) electrons. The zero-order valence-corrected chi connectivity index (χ0v) is 13.5. The Hall–Kier alpha value is -0.840. The van der Waals surface area contributed by atoms with Gasteiger partial charge in [0.1, 0.15) is 0 Å². The molecule has 0 aliphatic heterocycles. The lowest BCUT2D eigenvalue weighted by Gasteiger charge is -2.23. The zero-order chi connectivity index (χ0) is 14.2. The topological polar surface area (TPSA) is 43.8 Å². The summed E-state index contributed by atoms with van der Waals surface area (Å²) in [6.07, 6.45) is 0. The number of benzene rings is 1. The van der Waals surface area contributed by atoms with Crippen LogP contribution in [0.2, 0.25) is 5.02 Å². The molecule has 0 saturated carbocycles. The number of rotatable bonds is 3. The van der Waals surface area contributed by atoms with Crippen LogP contribution >= 0.6 is 27.5 Å². The smallest absolute Gasteiger partial charge is 0.0920 e. The minimum absolute atomic E-state index is 0.0145. The van der Waals surface area contributed by atoms with Crippen LogP contribution in [0.5, 0.6) is 0 Å². The van der Waals surface area contributed by atoms with E-state index in [1.165, 1.54) is 0 Å². The summed E-state index contributed by atoms with van der Waals surface area (Å²) in [5.41, 5.74) is 9.06. The molecule has 0 amide bonds. The van der Waals surface area contributed by atoms with E-state index in [0.717, 1.165) is 21.4 Å². The first-order chi connectivity index (χ1) is 8.91. The fraction of sp³-hybridized carbons (Fsp3) is 0.357. The summed E-state index contributed by atoms with van der Waals surface area (Å²) in [5, 5.41) is 5.23. The van der Waals surface area contributed by atoms with Gasteiger partial charge in [-0.15, -0.1) is 0 Å². The van der Waals surface area contributed by atoms with Crippen LogP contribution in [0.1, 0.15) is 29.9 Å². The third kappa shape index (κ3) is 2.86. The molecule has 19 heavy (non-hydrogen) atoms. The Bertz CT molecular complexity index is 575. The number of aromatic nitrogens is 2. The highest BCUT2D eigenvalue weighted by atomic mass is 79.9. The van der Waals surface area contributed by atoms with E-state index in [9.17, 15) is 0 Å². The number of hydrogen-bond donors (Lipinski definition) is 1. The Morgan fingerprint density at radius 2 is 1.84 bits per heavy atom. The third-order valence-corrected chi connectivity index (χ3v) is 4.29. The van der Waals surface area contributed by atoms with E-state index in [-0.39, 0.29) is 12.1 Å². The second kappa shape index (κ2) is 5.65. The van der Waals surface area contributed by atoms with Gasteiger partial charge in [0, 0.05) is 10.5 Å². The molecule has 2 rings (SSSR count). The molecule has 1 aromatic carbocycles. The van der Waals surface area contributed by atoms with Crippen molar-refractivity contribution in [2.45, 2.75) is 32.9 Å². The van der Waals surface area contributed by atoms with Crippen molar-refractivity contribution >= 4 is 27.5 Å². The van der Waals surface area contributed by atoms with Gasteiger partial charge >= 0.3 is 0 Å². The minimum Gasteiger partial charge on any atom is -0.326 e. The van der Waals surface area contributed by atoms with E-state index < -0.39 is 0 Å². The second-order valence-corrected chi connectivity index (χ2v) is 6.08. The van der Waals surface area contributed by atoms with Crippen LogP contribution < -0.4 is 5.73 Å². The predicted octanol–water partition coefficient (Wildman–Crippen LogP) is 3.85. The number of nitrogens with two attached hydrogens (primary N) is 1. The quantitative estimate of drug-likeness (QED) is 0.920. The van der Waals surface area contributed by atoms with Crippen LogP contribution in [0.25, 0.3) is 0 Å². The molecule has 0 fully saturated rings. The van der Waals surface area contributed by atoms with Gasteiger partial charge in [-0.05, 0) is 38.5 Å². The van der Waals surface area contributed by atoms with Gasteiger partial charge in [0.05, 0.1) is 22.5 Å². The van der Waals surface area contributed by atoms with Crippen molar-refractivity contribution < 1.29 is 0 Å². The highest BCUT2D eigenvalue weighted by Crippen LogP contribution is 2.28. The van der Waals surface area contributed by atoms with Gasteiger partial charge in [0.2, 0.25) is 0 Å². The maximum Gasteiger partial charge on any atom is 0.0920 e. The summed E-state index contributed by atoms with van der Waals surface area (Å²) in [5.74, 6) is 0. The predicted molar refractivity (Wildman–Crippen MR) is 82.6 cm³/mol. The molecule has 5 heteroatoms. The van der Waals surface area contributed by atoms with E-state index >= 15 is 0 Å². The fourth-order valence-electron chi connectivity index (χ4n) is 2.24. The van der Waals surface area contributed by atoms with Gasteiger partial charge in [0.15, 0.2) is 0 Å². The van der Waals surface area contributed by atoms with Crippen LogP contribution in [-0.4, -0.2) is 15.8 Å². The van der Waals surface area contributed by atoms with E-state index in [2.05, 4.69) is 33.2 Å². The zero-order valence-electron chi connectivity index (χ0n) is 11.2. The number of halogens is 2. The SMILES string of the molecule is Cc1nn(C(c2ccc(Br)cc2)C(C)N)c(C)c1Cl. The van der Waals surface area contributed by atoms with Crippen LogP contribution in [0.15, 0.2) is 28.7 Å². The highest BCUT2D eigenvalue weighted by molar-refractivity contribution is 9.10. The Morgan fingerprint density at radius 1 is 1.26 bits per heavy atom. The average molecular weight is 343 g/mol. The standard InChI is InChI=1S/C14H17BrClN3/c1-8(17)14(11-4-6-12(15)7-5-11)19-10(3)13(16)9(2)18-19/h4-8,14H,17H2,1-3H3. The van der Waals surface area contributed by atoms with Crippen LogP contribution in [0, 0.1) is 13.8 Å². The van der Waals surface area contributed by atoms with Crippen molar-refractivity contribution in [1.82, 2.24) is 9.78 Å². The second-order valence-electron chi connectivity index (χ2n) is 4.78. The molecule has 2 N–H and O–H groups in total. The molecule has 0 aliphatic carbocycles. The molecule has 2 aromatic rings. The Kier molecular flexibility index (Phi) is 4.33. The van der Waals surface area contributed by atoms with Crippen LogP contribution in [-0.2, 0) is 0 Å². The van der Waals surface area contributed by atoms with Gasteiger partial charge in [-0.2, -0.15) is 5.10 Å². The third-order valence-electron chi connectivity index (χ3n) is 3.21. The van der Waals surface area contributed by atoms with Gasteiger partial charge < -0.3 is 5.73 Å². The Balaban J connectivity index is 2.51. The first-order valence-electron chi connectivity index (χ1n) is 6.14. The summed E-state index contributed by atoms with van der Waals surface area (Å²) < 4.78 is 2.97. The van der Waals surface area contributed by atoms with Crippen molar-refractivity contribution in [2.75, 3.05) is 0 Å². The fourth-order valence-corrected chi connectivity index (χ4v) is 2.63. The Morgan fingerprint density at radius 3 is 2.26 bits per heavy atom. The summed E-state index contributed by atoms with van der Waals surface area (Å²) in [7, 11) is 0. The van der Waals surface area contributed by atoms with E-state index in [1.54, 1.807) is 0 Å².